The van der Waals surface area contributed by atoms with E-state index in [1.165, 1.54) is 5.56 Å². The molecule has 130 valence electrons. The van der Waals surface area contributed by atoms with Crippen molar-refractivity contribution in [3.05, 3.63) is 17.5 Å². The Labute approximate surface area is 139 Å². The zero-order valence-corrected chi connectivity index (χ0v) is 15.1. The summed E-state index contributed by atoms with van der Waals surface area (Å²) < 4.78 is 7.34. The smallest absolute Gasteiger partial charge is 0.410 e. The zero-order chi connectivity index (χ0) is 17.0. The van der Waals surface area contributed by atoms with Crippen LogP contribution in [0.1, 0.15) is 51.3 Å². The molecule has 1 saturated heterocycles. The second-order valence-electron chi connectivity index (χ2n) is 7.35. The maximum atomic E-state index is 12.2. The van der Waals surface area contributed by atoms with E-state index in [9.17, 15) is 4.79 Å². The highest BCUT2D eigenvalue weighted by molar-refractivity contribution is 5.68. The van der Waals surface area contributed by atoms with Crippen LogP contribution < -0.4 is 5.32 Å². The number of hydrogen-bond donors (Lipinski definition) is 1. The lowest BCUT2D eigenvalue weighted by atomic mass is 10.1. The van der Waals surface area contributed by atoms with E-state index in [1.807, 2.05) is 50.5 Å². The van der Waals surface area contributed by atoms with Crippen LogP contribution in [0.5, 0.6) is 0 Å². The number of likely N-dealkylation sites (tertiary alicyclic amines) is 1. The molecule has 1 amide bonds. The van der Waals surface area contributed by atoms with Crippen molar-refractivity contribution in [3.8, 4) is 0 Å². The number of rotatable bonds is 5. The molecule has 1 unspecified atom stereocenters. The Morgan fingerprint density at radius 3 is 2.83 bits per heavy atom. The minimum absolute atomic E-state index is 0.178. The highest BCUT2D eigenvalue weighted by Gasteiger charge is 2.31. The third-order valence-electron chi connectivity index (χ3n) is 4.09. The van der Waals surface area contributed by atoms with Gasteiger partial charge in [0.2, 0.25) is 0 Å². The van der Waals surface area contributed by atoms with Crippen LogP contribution in [0.15, 0.2) is 6.20 Å². The molecule has 1 fully saturated rings. The fourth-order valence-corrected chi connectivity index (χ4v) is 3.01. The minimum atomic E-state index is -0.430. The van der Waals surface area contributed by atoms with Crippen LogP contribution in [0.4, 0.5) is 4.79 Å². The second kappa shape index (κ2) is 7.34. The maximum absolute atomic E-state index is 12.2. The fraction of sp³-hybridized carbons (Fsp3) is 0.765. The van der Waals surface area contributed by atoms with E-state index in [0.717, 1.165) is 44.6 Å². The van der Waals surface area contributed by atoms with Gasteiger partial charge in [0.25, 0.3) is 0 Å². The van der Waals surface area contributed by atoms with Gasteiger partial charge >= 0.3 is 6.09 Å². The molecular weight excluding hydrogens is 292 g/mol. The van der Waals surface area contributed by atoms with E-state index in [1.54, 1.807) is 0 Å². The molecule has 6 nitrogen and oxygen atoms in total. The number of aromatic nitrogens is 2. The van der Waals surface area contributed by atoms with E-state index >= 15 is 0 Å². The van der Waals surface area contributed by atoms with Crippen LogP contribution in [0.2, 0.25) is 0 Å². The number of nitrogens with one attached hydrogen (secondary N) is 1. The third-order valence-corrected chi connectivity index (χ3v) is 4.09. The lowest BCUT2D eigenvalue weighted by molar-refractivity contribution is 0.0220. The highest BCUT2D eigenvalue weighted by Crippen LogP contribution is 2.22. The maximum Gasteiger partial charge on any atom is 0.410 e. The number of nitrogens with zero attached hydrogens (tertiary/aromatic N) is 3. The van der Waals surface area contributed by atoms with Crippen LogP contribution >= 0.6 is 0 Å². The van der Waals surface area contributed by atoms with Gasteiger partial charge in [0.05, 0.1) is 5.69 Å². The van der Waals surface area contributed by atoms with Gasteiger partial charge in [0.15, 0.2) is 0 Å². The quantitative estimate of drug-likeness (QED) is 0.847. The van der Waals surface area contributed by atoms with E-state index in [4.69, 9.17) is 4.74 Å². The van der Waals surface area contributed by atoms with E-state index in [-0.39, 0.29) is 12.1 Å². The molecule has 0 aromatic carbocycles. The standard InChI is InChI=1S/C17H30N4O2/c1-13-14(12-20(5)19-13)11-18-9-8-15-7-6-10-21(15)16(22)23-17(2,3)4/h12,15,18H,6-11H2,1-5H3. The predicted molar refractivity (Wildman–Crippen MR) is 90.2 cm³/mol. The van der Waals surface area contributed by atoms with Crippen molar-refractivity contribution in [1.82, 2.24) is 20.0 Å². The van der Waals surface area contributed by atoms with Crippen molar-refractivity contribution < 1.29 is 9.53 Å². The molecule has 0 saturated carbocycles. The number of aryl methyl sites for hydroxylation is 2. The van der Waals surface area contributed by atoms with Gasteiger partial charge in [-0.1, -0.05) is 0 Å². The molecule has 1 aromatic rings. The van der Waals surface area contributed by atoms with Gasteiger partial charge in [-0.05, 0) is 53.5 Å². The number of hydrogen-bond acceptors (Lipinski definition) is 4. The summed E-state index contributed by atoms with van der Waals surface area (Å²) in [5.41, 5.74) is 1.86. The zero-order valence-electron chi connectivity index (χ0n) is 15.1. The summed E-state index contributed by atoms with van der Waals surface area (Å²) in [6, 6.07) is 0.285. The second-order valence-corrected chi connectivity index (χ2v) is 7.35. The van der Waals surface area contributed by atoms with Crippen molar-refractivity contribution in [2.24, 2.45) is 7.05 Å². The van der Waals surface area contributed by atoms with Crippen LogP contribution in [0, 0.1) is 6.92 Å². The molecule has 1 aromatic heterocycles. The summed E-state index contributed by atoms with van der Waals surface area (Å²) in [6.45, 7) is 10.3. The number of amides is 1. The molecular formula is C17H30N4O2. The first kappa shape index (κ1) is 17.8. The topological polar surface area (TPSA) is 59.4 Å². The third kappa shape index (κ3) is 5.23. The molecule has 0 radical (unpaired) electrons. The summed E-state index contributed by atoms with van der Waals surface area (Å²) in [5.74, 6) is 0. The van der Waals surface area contributed by atoms with Crippen molar-refractivity contribution in [2.75, 3.05) is 13.1 Å². The summed E-state index contributed by atoms with van der Waals surface area (Å²) in [7, 11) is 1.94. The monoisotopic (exact) mass is 322 g/mol. The molecule has 1 aliphatic heterocycles. The minimum Gasteiger partial charge on any atom is -0.444 e. The van der Waals surface area contributed by atoms with Gasteiger partial charge in [-0.15, -0.1) is 0 Å². The van der Waals surface area contributed by atoms with Crippen LogP contribution in [0.25, 0.3) is 0 Å². The molecule has 23 heavy (non-hydrogen) atoms. The van der Waals surface area contributed by atoms with Crippen molar-refractivity contribution >= 4 is 6.09 Å². The molecule has 6 heteroatoms. The van der Waals surface area contributed by atoms with Gasteiger partial charge in [-0.2, -0.15) is 5.10 Å². The van der Waals surface area contributed by atoms with Gasteiger partial charge in [0.1, 0.15) is 5.60 Å². The van der Waals surface area contributed by atoms with Crippen LogP contribution in [0.3, 0.4) is 0 Å². The van der Waals surface area contributed by atoms with Gasteiger partial charge in [-0.25, -0.2) is 4.79 Å². The van der Waals surface area contributed by atoms with E-state index < -0.39 is 5.60 Å². The summed E-state index contributed by atoms with van der Waals surface area (Å²) >= 11 is 0. The SMILES string of the molecule is Cc1nn(C)cc1CNCCC1CCCN1C(=O)OC(C)(C)C. The summed E-state index contributed by atoms with van der Waals surface area (Å²) in [6.07, 6.45) is 4.95. The van der Waals surface area contributed by atoms with E-state index in [0.29, 0.717) is 0 Å². The molecule has 1 N–H and O–H groups in total. The Hall–Kier alpha value is -1.56. The van der Waals surface area contributed by atoms with Gasteiger partial charge in [0, 0.05) is 37.9 Å². The first-order valence-electron chi connectivity index (χ1n) is 8.46. The number of carbonyl (C=O) groups excluding carboxylic acids is 1. The molecule has 0 bridgehead atoms. The molecule has 2 rings (SSSR count). The molecule has 0 spiro atoms. The van der Waals surface area contributed by atoms with Crippen molar-refractivity contribution in [3.63, 3.8) is 0 Å². The molecule has 2 heterocycles. The normalized spacial score (nSPS) is 18.5. The Morgan fingerprint density at radius 1 is 1.48 bits per heavy atom. The van der Waals surface area contributed by atoms with Crippen molar-refractivity contribution in [1.29, 1.82) is 0 Å². The molecule has 1 atom stereocenters. The van der Waals surface area contributed by atoms with E-state index in [2.05, 4.69) is 10.4 Å². The lowest BCUT2D eigenvalue weighted by Gasteiger charge is -2.28. The largest absolute Gasteiger partial charge is 0.444 e. The highest BCUT2D eigenvalue weighted by atomic mass is 16.6. The Morgan fingerprint density at radius 2 is 2.22 bits per heavy atom. The van der Waals surface area contributed by atoms with Gasteiger partial charge in [-0.3, -0.25) is 4.68 Å². The summed E-state index contributed by atoms with van der Waals surface area (Å²) in [4.78, 5) is 14.1. The first-order valence-corrected chi connectivity index (χ1v) is 8.46. The average Bonchev–Trinajstić information content (AvgIpc) is 2.99. The molecule has 1 aliphatic rings. The Kier molecular flexibility index (Phi) is 5.68. The summed E-state index contributed by atoms with van der Waals surface area (Å²) in [5, 5.41) is 7.80. The van der Waals surface area contributed by atoms with Crippen LogP contribution in [-0.4, -0.2) is 45.5 Å². The Balaban J connectivity index is 1.76. The van der Waals surface area contributed by atoms with Crippen molar-refractivity contribution in [2.45, 2.75) is 65.1 Å². The predicted octanol–water partition coefficient (Wildman–Crippen LogP) is 2.61. The Bertz CT molecular complexity index is 533. The number of ether oxygens (including phenoxy) is 1. The fourth-order valence-electron chi connectivity index (χ4n) is 3.01. The molecule has 0 aliphatic carbocycles. The van der Waals surface area contributed by atoms with Crippen LogP contribution in [-0.2, 0) is 18.3 Å². The van der Waals surface area contributed by atoms with Gasteiger partial charge < -0.3 is 15.0 Å². The average molecular weight is 322 g/mol. The lowest BCUT2D eigenvalue weighted by Crippen LogP contribution is -2.40. The number of carbonyl (C=O) groups is 1. The first-order chi connectivity index (χ1) is 10.8.